The van der Waals surface area contributed by atoms with Crippen LogP contribution in [0.15, 0.2) is 24.3 Å². The summed E-state index contributed by atoms with van der Waals surface area (Å²) in [5.41, 5.74) is 11.9. The zero-order valence-corrected chi connectivity index (χ0v) is 9.64. The SMILES string of the molecule is CCC(Oc1ccc([C@@H](C)N)cc1)C(N)=O. The summed E-state index contributed by atoms with van der Waals surface area (Å²) in [6.07, 6.45) is -0.00848. The first-order valence-electron chi connectivity index (χ1n) is 5.36. The highest BCUT2D eigenvalue weighted by atomic mass is 16.5. The van der Waals surface area contributed by atoms with Gasteiger partial charge in [0.2, 0.25) is 0 Å². The van der Waals surface area contributed by atoms with Crippen molar-refractivity contribution in [3.63, 3.8) is 0 Å². The van der Waals surface area contributed by atoms with Gasteiger partial charge in [0.1, 0.15) is 5.75 Å². The van der Waals surface area contributed by atoms with Crippen molar-refractivity contribution in [2.24, 2.45) is 11.5 Å². The fourth-order valence-corrected chi connectivity index (χ4v) is 1.36. The summed E-state index contributed by atoms with van der Waals surface area (Å²) in [5.74, 6) is 0.189. The average Bonchev–Trinajstić information content (AvgIpc) is 2.26. The highest BCUT2D eigenvalue weighted by Gasteiger charge is 2.14. The maximum Gasteiger partial charge on any atom is 0.258 e. The first-order chi connectivity index (χ1) is 7.54. The molecule has 1 aromatic carbocycles. The molecule has 0 aliphatic rings. The third kappa shape index (κ3) is 3.24. The molecular formula is C12H18N2O2. The molecule has 88 valence electrons. The molecule has 0 saturated carbocycles. The number of amides is 1. The van der Waals surface area contributed by atoms with E-state index in [0.717, 1.165) is 5.56 Å². The summed E-state index contributed by atoms with van der Waals surface area (Å²) >= 11 is 0. The minimum Gasteiger partial charge on any atom is -0.481 e. The number of nitrogens with two attached hydrogens (primary N) is 2. The van der Waals surface area contributed by atoms with Gasteiger partial charge in [-0.2, -0.15) is 0 Å². The molecular weight excluding hydrogens is 204 g/mol. The highest BCUT2D eigenvalue weighted by Crippen LogP contribution is 2.17. The van der Waals surface area contributed by atoms with Gasteiger partial charge < -0.3 is 16.2 Å². The Morgan fingerprint density at radius 2 is 1.94 bits per heavy atom. The van der Waals surface area contributed by atoms with E-state index in [1.807, 2.05) is 26.0 Å². The van der Waals surface area contributed by atoms with Gasteiger partial charge in [-0.1, -0.05) is 19.1 Å². The second-order valence-electron chi connectivity index (χ2n) is 3.77. The lowest BCUT2D eigenvalue weighted by Gasteiger charge is -2.14. The highest BCUT2D eigenvalue weighted by molar-refractivity contribution is 5.79. The van der Waals surface area contributed by atoms with Gasteiger partial charge in [0.15, 0.2) is 6.10 Å². The maximum absolute atomic E-state index is 11.0. The predicted octanol–water partition coefficient (Wildman–Crippen LogP) is 1.35. The van der Waals surface area contributed by atoms with E-state index in [4.69, 9.17) is 16.2 Å². The van der Waals surface area contributed by atoms with Crippen LogP contribution >= 0.6 is 0 Å². The first kappa shape index (κ1) is 12.5. The molecule has 0 radical (unpaired) electrons. The van der Waals surface area contributed by atoms with Crippen molar-refractivity contribution in [2.45, 2.75) is 32.4 Å². The summed E-state index contributed by atoms with van der Waals surface area (Å²) < 4.78 is 5.44. The Kier molecular flexibility index (Phi) is 4.31. The molecule has 0 saturated heterocycles. The van der Waals surface area contributed by atoms with E-state index in [0.29, 0.717) is 12.2 Å². The van der Waals surface area contributed by atoms with Crippen LogP contribution in [0.2, 0.25) is 0 Å². The molecule has 4 heteroatoms. The number of ether oxygens (including phenoxy) is 1. The van der Waals surface area contributed by atoms with E-state index in [-0.39, 0.29) is 6.04 Å². The van der Waals surface area contributed by atoms with Crippen molar-refractivity contribution < 1.29 is 9.53 Å². The maximum atomic E-state index is 11.0. The molecule has 0 heterocycles. The molecule has 2 atom stereocenters. The average molecular weight is 222 g/mol. The van der Waals surface area contributed by atoms with Crippen LogP contribution in [-0.4, -0.2) is 12.0 Å². The van der Waals surface area contributed by atoms with Gasteiger partial charge >= 0.3 is 0 Å². The van der Waals surface area contributed by atoms with E-state index in [9.17, 15) is 4.79 Å². The van der Waals surface area contributed by atoms with Gasteiger partial charge in [-0.15, -0.1) is 0 Å². The Bertz CT molecular complexity index is 347. The third-order valence-corrected chi connectivity index (χ3v) is 2.37. The van der Waals surface area contributed by atoms with Crippen molar-refractivity contribution in [3.8, 4) is 5.75 Å². The van der Waals surface area contributed by atoms with E-state index in [1.54, 1.807) is 12.1 Å². The summed E-state index contributed by atoms with van der Waals surface area (Å²) in [6, 6.07) is 7.35. The summed E-state index contributed by atoms with van der Waals surface area (Å²) in [5, 5.41) is 0. The van der Waals surface area contributed by atoms with Crippen LogP contribution in [0.4, 0.5) is 0 Å². The fraction of sp³-hybridized carbons (Fsp3) is 0.417. The van der Waals surface area contributed by atoms with E-state index in [2.05, 4.69) is 0 Å². The van der Waals surface area contributed by atoms with Gasteiger partial charge in [-0.3, -0.25) is 4.79 Å². The normalized spacial score (nSPS) is 14.2. The van der Waals surface area contributed by atoms with E-state index in [1.165, 1.54) is 0 Å². The van der Waals surface area contributed by atoms with Crippen LogP contribution in [0.25, 0.3) is 0 Å². The van der Waals surface area contributed by atoms with Crippen molar-refractivity contribution in [1.29, 1.82) is 0 Å². The van der Waals surface area contributed by atoms with Crippen molar-refractivity contribution in [1.82, 2.24) is 0 Å². The number of benzene rings is 1. The number of carbonyl (C=O) groups is 1. The molecule has 0 aromatic heterocycles. The molecule has 4 nitrogen and oxygen atoms in total. The molecule has 0 fully saturated rings. The second kappa shape index (κ2) is 5.51. The number of carbonyl (C=O) groups excluding carboxylic acids is 1. The Morgan fingerprint density at radius 1 is 1.38 bits per heavy atom. The first-order valence-corrected chi connectivity index (χ1v) is 5.36. The van der Waals surface area contributed by atoms with Crippen molar-refractivity contribution in [3.05, 3.63) is 29.8 Å². The topological polar surface area (TPSA) is 78.3 Å². The van der Waals surface area contributed by atoms with Crippen LogP contribution < -0.4 is 16.2 Å². The summed E-state index contributed by atoms with van der Waals surface area (Å²) in [4.78, 5) is 11.0. The molecule has 16 heavy (non-hydrogen) atoms. The van der Waals surface area contributed by atoms with Crippen LogP contribution in [0.5, 0.6) is 5.75 Å². The van der Waals surface area contributed by atoms with Crippen LogP contribution in [-0.2, 0) is 4.79 Å². The number of hydrogen-bond acceptors (Lipinski definition) is 3. The molecule has 0 spiro atoms. The van der Waals surface area contributed by atoms with Gasteiger partial charge in [-0.25, -0.2) is 0 Å². The largest absolute Gasteiger partial charge is 0.481 e. The predicted molar refractivity (Wildman–Crippen MR) is 62.9 cm³/mol. The van der Waals surface area contributed by atoms with Crippen LogP contribution in [0.3, 0.4) is 0 Å². The zero-order chi connectivity index (χ0) is 12.1. The van der Waals surface area contributed by atoms with Gasteiger partial charge in [0, 0.05) is 6.04 Å². The molecule has 0 bridgehead atoms. The Labute approximate surface area is 95.6 Å². The van der Waals surface area contributed by atoms with E-state index < -0.39 is 12.0 Å². The molecule has 0 aliphatic heterocycles. The van der Waals surface area contributed by atoms with Crippen molar-refractivity contribution >= 4 is 5.91 Å². The molecule has 1 unspecified atom stereocenters. The van der Waals surface area contributed by atoms with Gasteiger partial charge in [0.25, 0.3) is 5.91 Å². The lowest BCUT2D eigenvalue weighted by molar-refractivity contribution is -0.124. The minimum atomic E-state index is -0.568. The van der Waals surface area contributed by atoms with Crippen LogP contribution in [0.1, 0.15) is 31.9 Å². The summed E-state index contributed by atoms with van der Waals surface area (Å²) in [6.45, 7) is 3.76. The Balaban J connectivity index is 2.71. The monoisotopic (exact) mass is 222 g/mol. The quantitative estimate of drug-likeness (QED) is 0.789. The third-order valence-electron chi connectivity index (χ3n) is 2.37. The lowest BCUT2D eigenvalue weighted by Crippen LogP contribution is -2.32. The van der Waals surface area contributed by atoms with Crippen molar-refractivity contribution in [2.75, 3.05) is 0 Å². The smallest absolute Gasteiger partial charge is 0.258 e. The number of primary amides is 1. The fourth-order valence-electron chi connectivity index (χ4n) is 1.36. The van der Waals surface area contributed by atoms with E-state index >= 15 is 0 Å². The molecule has 0 aliphatic carbocycles. The second-order valence-corrected chi connectivity index (χ2v) is 3.77. The Morgan fingerprint density at radius 3 is 2.31 bits per heavy atom. The van der Waals surface area contributed by atoms with Gasteiger partial charge in [0.05, 0.1) is 0 Å². The van der Waals surface area contributed by atoms with Crippen LogP contribution in [0, 0.1) is 0 Å². The standard InChI is InChI=1S/C12H18N2O2/c1-3-11(12(14)15)16-10-6-4-9(5-7-10)8(2)13/h4-8,11H,3,13H2,1-2H3,(H2,14,15)/t8-,11?/m1/s1. The lowest BCUT2D eigenvalue weighted by atomic mass is 10.1. The molecule has 1 aromatic rings. The zero-order valence-electron chi connectivity index (χ0n) is 9.64. The molecule has 1 rings (SSSR count). The Hall–Kier alpha value is -1.55. The molecule has 1 amide bonds. The molecule has 4 N–H and O–H groups in total. The summed E-state index contributed by atoms with van der Waals surface area (Å²) in [7, 11) is 0. The number of hydrogen-bond donors (Lipinski definition) is 2. The van der Waals surface area contributed by atoms with Gasteiger partial charge in [-0.05, 0) is 31.0 Å². The number of rotatable bonds is 5. The minimum absolute atomic E-state index is 0.00726.